The summed E-state index contributed by atoms with van der Waals surface area (Å²) in [6, 6.07) is 1.96. The summed E-state index contributed by atoms with van der Waals surface area (Å²) in [5.41, 5.74) is 2.51. The van der Waals surface area contributed by atoms with Crippen molar-refractivity contribution >= 4 is 11.9 Å². The summed E-state index contributed by atoms with van der Waals surface area (Å²) in [4.78, 5) is 16.6. The minimum atomic E-state index is -0.505. The molecule has 1 N–H and O–H groups in total. The third kappa shape index (κ3) is 4.98. The second-order valence-electron chi connectivity index (χ2n) is 7.07. The molecule has 1 unspecified atom stereocenters. The summed E-state index contributed by atoms with van der Waals surface area (Å²) in [5.74, 6) is 0.584. The van der Waals surface area contributed by atoms with Crippen LogP contribution >= 0.6 is 0 Å². The number of hydrogen-bond acceptors (Lipinski definition) is 4. The molecule has 1 aliphatic carbocycles. The van der Waals surface area contributed by atoms with Crippen molar-refractivity contribution in [3.8, 4) is 0 Å². The number of aryl methyl sites for hydroxylation is 1. The van der Waals surface area contributed by atoms with Gasteiger partial charge >= 0.3 is 6.09 Å². The molecule has 0 saturated heterocycles. The summed E-state index contributed by atoms with van der Waals surface area (Å²) < 4.78 is 10.8. The Morgan fingerprint density at radius 3 is 2.83 bits per heavy atom. The number of pyridine rings is 1. The number of hydrogen-bond donors (Lipinski definition) is 1. The number of ether oxygens (including phenoxy) is 2. The van der Waals surface area contributed by atoms with E-state index < -0.39 is 5.60 Å². The van der Waals surface area contributed by atoms with E-state index in [0.29, 0.717) is 12.4 Å². The predicted molar refractivity (Wildman–Crippen MR) is 94.6 cm³/mol. The van der Waals surface area contributed by atoms with Crippen LogP contribution in [0.5, 0.6) is 0 Å². The Bertz CT molecular complexity index is 605. The van der Waals surface area contributed by atoms with Gasteiger partial charge in [-0.25, -0.2) is 4.79 Å². The molecule has 0 bridgehead atoms. The van der Waals surface area contributed by atoms with Crippen molar-refractivity contribution in [2.24, 2.45) is 0 Å². The molecule has 0 aliphatic heterocycles. The molecule has 1 amide bonds. The highest BCUT2D eigenvalue weighted by Gasteiger charge is 2.24. The normalized spacial score (nSPS) is 17.4. The van der Waals surface area contributed by atoms with Crippen LogP contribution in [0, 0.1) is 0 Å². The van der Waals surface area contributed by atoms with E-state index in [9.17, 15) is 4.79 Å². The maximum Gasteiger partial charge on any atom is 0.408 e. The van der Waals surface area contributed by atoms with Gasteiger partial charge in [0.05, 0.1) is 12.6 Å². The second kappa shape index (κ2) is 7.69. The number of fused-ring (bicyclic) bond motifs is 1. The van der Waals surface area contributed by atoms with Gasteiger partial charge < -0.3 is 14.8 Å². The zero-order valence-corrected chi connectivity index (χ0v) is 15.1. The Kier molecular flexibility index (Phi) is 5.86. The lowest BCUT2D eigenvalue weighted by molar-refractivity contribution is 0.0501. The van der Waals surface area contributed by atoms with Crippen molar-refractivity contribution in [1.29, 1.82) is 0 Å². The third-order valence-electron chi connectivity index (χ3n) is 3.88. The van der Waals surface area contributed by atoms with Gasteiger partial charge in [-0.15, -0.1) is 0 Å². The summed E-state index contributed by atoms with van der Waals surface area (Å²) in [6.45, 7) is 12.0. The van der Waals surface area contributed by atoms with Crippen molar-refractivity contribution in [2.45, 2.75) is 65.0 Å². The number of aromatic nitrogens is 1. The Morgan fingerprint density at radius 1 is 1.42 bits per heavy atom. The second-order valence-corrected chi connectivity index (χ2v) is 7.07. The van der Waals surface area contributed by atoms with E-state index in [1.165, 1.54) is 5.56 Å². The minimum absolute atomic E-state index is 0.0701. The number of alkyl carbamates (subject to hydrolysis) is 1. The maximum absolute atomic E-state index is 12.1. The molecule has 0 fully saturated rings. The lowest BCUT2D eigenvalue weighted by Crippen LogP contribution is -2.35. The van der Waals surface area contributed by atoms with Crippen LogP contribution in [0.15, 0.2) is 18.8 Å². The molecule has 132 valence electrons. The van der Waals surface area contributed by atoms with Crippen LogP contribution in [0.3, 0.4) is 0 Å². The molecule has 1 heterocycles. The van der Waals surface area contributed by atoms with Crippen LogP contribution in [-0.4, -0.2) is 23.3 Å². The Labute approximate surface area is 144 Å². The Hall–Kier alpha value is -2.04. The summed E-state index contributed by atoms with van der Waals surface area (Å²) >= 11 is 0. The van der Waals surface area contributed by atoms with Gasteiger partial charge in [-0.05, 0) is 64.2 Å². The monoisotopic (exact) mass is 332 g/mol. The molecule has 0 spiro atoms. The largest absolute Gasteiger partial charge is 0.492 e. The fraction of sp³-hybridized carbons (Fsp3) is 0.579. The zero-order valence-electron chi connectivity index (χ0n) is 15.1. The van der Waals surface area contributed by atoms with Gasteiger partial charge in [0, 0.05) is 6.20 Å². The fourth-order valence-electron chi connectivity index (χ4n) is 2.86. The summed E-state index contributed by atoms with van der Waals surface area (Å²) in [7, 11) is 0. The fourth-order valence-corrected chi connectivity index (χ4v) is 2.86. The molecule has 5 nitrogen and oxygen atoms in total. The first-order chi connectivity index (χ1) is 11.3. The van der Waals surface area contributed by atoms with Crippen LogP contribution in [0.2, 0.25) is 0 Å². The number of amides is 1. The van der Waals surface area contributed by atoms with Gasteiger partial charge in [0.15, 0.2) is 0 Å². The van der Waals surface area contributed by atoms with E-state index in [1.807, 2.05) is 40.0 Å². The highest BCUT2D eigenvalue weighted by molar-refractivity contribution is 5.68. The number of nitrogens with zero attached hydrogens (tertiary/aromatic N) is 1. The minimum Gasteiger partial charge on any atom is -0.492 e. The molecular weight excluding hydrogens is 304 g/mol. The van der Waals surface area contributed by atoms with Gasteiger partial charge in [-0.1, -0.05) is 13.0 Å². The number of nitrogens with one attached hydrogen (secondary N) is 1. The topological polar surface area (TPSA) is 60.5 Å². The highest BCUT2D eigenvalue weighted by atomic mass is 16.6. The Balaban J connectivity index is 2.19. The first kappa shape index (κ1) is 18.3. The van der Waals surface area contributed by atoms with E-state index in [2.05, 4.69) is 16.9 Å². The molecular formula is C19H28N2O3. The molecule has 2 rings (SSSR count). The lowest BCUT2D eigenvalue weighted by Gasteiger charge is -2.24. The van der Waals surface area contributed by atoms with Crippen LogP contribution in [0.25, 0.3) is 5.76 Å². The molecule has 5 heteroatoms. The van der Waals surface area contributed by atoms with Crippen LogP contribution in [0.4, 0.5) is 4.79 Å². The van der Waals surface area contributed by atoms with E-state index >= 15 is 0 Å². The molecule has 0 aromatic carbocycles. The number of rotatable bonds is 4. The third-order valence-corrected chi connectivity index (χ3v) is 3.88. The summed E-state index contributed by atoms with van der Waals surface area (Å²) in [6.07, 6.45) is 5.45. The number of carbonyl (C=O) groups excluding carboxylic acids is 1. The molecule has 0 saturated carbocycles. The summed E-state index contributed by atoms with van der Waals surface area (Å²) in [5, 5.41) is 2.99. The molecule has 1 atom stereocenters. The SMILES string of the molecule is C=C(OCC)c1cc2c(cn1)C(NC(=O)OC(C)(C)C)CCCC2. The zero-order chi connectivity index (χ0) is 17.7. The van der Waals surface area contributed by atoms with E-state index in [1.54, 1.807) is 0 Å². The molecule has 1 aromatic heterocycles. The van der Waals surface area contributed by atoms with Crippen molar-refractivity contribution in [3.05, 3.63) is 35.7 Å². The van der Waals surface area contributed by atoms with Crippen molar-refractivity contribution in [2.75, 3.05) is 6.61 Å². The van der Waals surface area contributed by atoms with Crippen molar-refractivity contribution < 1.29 is 14.3 Å². The van der Waals surface area contributed by atoms with E-state index in [4.69, 9.17) is 9.47 Å². The average molecular weight is 332 g/mol. The number of carbonyl (C=O) groups is 1. The average Bonchev–Trinajstić information content (AvgIpc) is 2.67. The lowest BCUT2D eigenvalue weighted by atomic mass is 10.0. The van der Waals surface area contributed by atoms with Crippen molar-refractivity contribution in [1.82, 2.24) is 10.3 Å². The molecule has 1 aromatic rings. The highest BCUT2D eigenvalue weighted by Crippen LogP contribution is 2.30. The molecule has 24 heavy (non-hydrogen) atoms. The predicted octanol–water partition coefficient (Wildman–Crippen LogP) is 4.38. The standard InChI is InChI=1S/C19H28N2O3/c1-6-23-13(2)17-11-14-9-7-8-10-16(15(14)12-20-17)21-18(22)24-19(3,4)5/h11-12,16H,2,6-10H2,1,3-5H3,(H,21,22). The molecule has 0 radical (unpaired) electrons. The van der Waals surface area contributed by atoms with Crippen molar-refractivity contribution in [3.63, 3.8) is 0 Å². The van der Waals surface area contributed by atoms with Gasteiger partial charge in [0.25, 0.3) is 0 Å². The van der Waals surface area contributed by atoms with Gasteiger partial charge in [0.1, 0.15) is 17.1 Å². The van der Waals surface area contributed by atoms with Gasteiger partial charge in [0.2, 0.25) is 0 Å². The van der Waals surface area contributed by atoms with Crippen LogP contribution in [0.1, 0.15) is 69.8 Å². The quantitative estimate of drug-likeness (QED) is 0.656. The van der Waals surface area contributed by atoms with Gasteiger partial charge in [-0.2, -0.15) is 0 Å². The Morgan fingerprint density at radius 2 is 2.17 bits per heavy atom. The van der Waals surface area contributed by atoms with Crippen LogP contribution in [-0.2, 0) is 15.9 Å². The maximum atomic E-state index is 12.1. The first-order valence-corrected chi connectivity index (χ1v) is 8.60. The van der Waals surface area contributed by atoms with E-state index in [-0.39, 0.29) is 12.1 Å². The van der Waals surface area contributed by atoms with E-state index in [0.717, 1.165) is 36.9 Å². The molecule has 1 aliphatic rings. The smallest absolute Gasteiger partial charge is 0.408 e. The van der Waals surface area contributed by atoms with Gasteiger partial charge in [-0.3, -0.25) is 4.98 Å². The first-order valence-electron chi connectivity index (χ1n) is 8.60. The van der Waals surface area contributed by atoms with Crippen LogP contribution < -0.4 is 5.32 Å².